The maximum atomic E-state index is 9.74. The van der Waals surface area contributed by atoms with Gasteiger partial charge in [-0.2, -0.15) is 0 Å². The molecular weight excluding hydrogens is 302 g/mol. The number of hydrogen-bond donors (Lipinski definition) is 1. The second-order valence-electron chi connectivity index (χ2n) is 7.32. The lowest BCUT2D eigenvalue weighted by Crippen LogP contribution is -2.37. The van der Waals surface area contributed by atoms with E-state index < -0.39 is 5.60 Å². The molecule has 1 aliphatic rings. The van der Waals surface area contributed by atoms with Crippen LogP contribution in [0.2, 0.25) is 0 Å². The van der Waals surface area contributed by atoms with Crippen LogP contribution in [0, 0.1) is 0 Å². The van der Waals surface area contributed by atoms with Gasteiger partial charge in [-0.3, -0.25) is 0 Å². The lowest BCUT2D eigenvalue weighted by molar-refractivity contribution is -0.00914. The number of rotatable bonds is 9. The average molecular weight is 335 g/mol. The summed E-state index contributed by atoms with van der Waals surface area (Å²) in [4.78, 5) is 2.41. The Morgan fingerprint density at radius 2 is 1.96 bits per heavy atom. The van der Waals surface area contributed by atoms with Crippen LogP contribution in [-0.2, 0) is 4.74 Å². The zero-order valence-electron chi connectivity index (χ0n) is 15.5. The molecule has 1 fully saturated rings. The Kier molecular flexibility index (Phi) is 7.38. The van der Waals surface area contributed by atoms with Crippen LogP contribution in [0.5, 0.6) is 5.75 Å². The van der Waals surface area contributed by atoms with Crippen molar-refractivity contribution in [3.05, 3.63) is 24.3 Å². The molecule has 0 spiro atoms. The first-order valence-corrected chi connectivity index (χ1v) is 9.30. The molecule has 2 rings (SSSR count). The van der Waals surface area contributed by atoms with Gasteiger partial charge in [-0.15, -0.1) is 0 Å². The second-order valence-corrected chi connectivity index (χ2v) is 7.32. The number of ether oxygens (including phenoxy) is 2. The third-order valence-corrected chi connectivity index (χ3v) is 4.46. The molecule has 0 aromatic heterocycles. The van der Waals surface area contributed by atoms with Gasteiger partial charge in [0, 0.05) is 31.5 Å². The number of anilines is 1. The van der Waals surface area contributed by atoms with E-state index in [-0.39, 0.29) is 0 Å². The van der Waals surface area contributed by atoms with Gasteiger partial charge in [-0.1, -0.05) is 19.4 Å². The molecule has 0 atom stereocenters. The first kappa shape index (κ1) is 19.1. The van der Waals surface area contributed by atoms with E-state index in [0.29, 0.717) is 19.1 Å². The summed E-state index contributed by atoms with van der Waals surface area (Å²) in [5.74, 6) is 0.963. The van der Waals surface area contributed by atoms with Crippen LogP contribution in [0.15, 0.2) is 24.3 Å². The van der Waals surface area contributed by atoms with Crippen LogP contribution in [0.4, 0.5) is 5.69 Å². The van der Waals surface area contributed by atoms with Crippen LogP contribution >= 0.6 is 0 Å². The summed E-state index contributed by atoms with van der Waals surface area (Å²) in [6.45, 7) is 9.26. The molecule has 0 bridgehead atoms. The second kappa shape index (κ2) is 9.28. The Labute approximate surface area is 146 Å². The van der Waals surface area contributed by atoms with E-state index in [1.165, 1.54) is 5.69 Å². The van der Waals surface area contributed by atoms with Gasteiger partial charge < -0.3 is 19.5 Å². The van der Waals surface area contributed by atoms with Crippen LogP contribution in [0.1, 0.15) is 52.9 Å². The largest absolute Gasteiger partial charge is 0.494 e. The maximum Gasteiger partial charge on any atom is 0.121 e. The van der Waals surface area contributed by atoms with Gasteiger partial charge in [-0.05, 0) is 51.7 Å². The first-order valence-electron chi connectivity index (χ1n) is 9.30. The molecule has 0 radical (unpaired) electrons. The molecule has 0 amide bonds. The number of aliphatic hydroxyl groups is 1. The Balaban J connectivity index is 1.76. The van der Waals surface area contributed by atoms with Gasteiger partial charge in [0.05, 0.1) is 18.3 Å². The Morgan fingerprint density at radius 3 is 2.62 bits per heavy atom. The van der Waals surface area contributed by atoms with E-state index in [1.54, 1.807) is 0 Å². The number of unbranched alkanes of at least 4 members (excludes halogenated alkanes) is 1. The summed E-state index contributed by atoms with van der Waals surface area (Å²) >= 11 is 0. The van der Waals surface area contributed by atoms with Gasteiger partial charge in [0.15, 0.2) is 0 Å². The van der Waals surface area contributed by atoms with E-state index in [9.17, 15) is 5.11 Å². The van der Waals surface area contributed by atoms with Gasteiger partial charge in [0.2, 0.25) is 0 Å². The van der Waals surface area contributed by atoms with Crippen LogP contribution in [0.25, 0.3) is 0 Å². The highest BCUT2D eigenvalue weighted by atomic mass is 16.5. The molecule has 1 aromatic carbocycles. The highest BCUT2D eigenvalue weighted by Crippen LogP contribution is 2.25. The number of nitrogens with zero attached hydrogens (tertiary/aromatic N) is 1. The third-order valence-electron chi connectivity index (χ3n) is 4.46. The zero-order valence-corrected chi connectivity index (χ0v) is 15.5. The monoisotopic (exact) mass is 335 g/mol. The Hall–Kier alpha value is -1.26. The van der Waals surface area contributed by atoms with Gasteiger partial charge >= 0.3 is 0 Å². The molecule has 0 aliphatic carbocycles. The van der Waals surface area contributed by atoms with Crippen molar-refractivity contribution in [3.63, 3.8) is 0 Å². The maximum absolute atomic E-state index is 9.74. The predicted molar refractivity (Wildman–Crippen MR) is 98.9 cm³/mol. The lowest BCUT2D eigenvalue weighted by atomic mass is 10.1. The number of benzene rings is 1. The molecule has 1 aliphatic heterocycles. The molecule has 136 valence electrons. The van der Waals surface area contributed by atoms with Crippen LogP contribution in [0.3, 0.4) is 0 Å². The van der Waals surface area contributed by atoms with E-state index >= 15 is 0 Å². The van der Waals surface area contributed by atoms with Crippen molar-refractivity contribution in [1.82, 2.24) is 0 Å². The van der Waals surface area contributed by atoms with Crippen molar-refractivity contribution in [2.75, 3.05) is 31.2 Å². The highest BCUT2D eigenvalue weighted by Gasteiger charge is 2.21. The third kappa shape index (κ3) is 6.70. The van der Waals surface area contributed by atoms with Crippen molar-refractivity contribution in [2.45, 2.75) is 64.6 Å². The van der Waals surface area contributed by atoms with E-state index in [4.69, 9.17) is 9.47 Å². The molecular formula is C20H33NO3. The topological polar surface area (TPSA) is 41.9 Å². The predicted octanol–water partition coefficient (Wildman–Crippen LogP) is 4.01. The Morgan fingerprint density at radius 1 is 1.21 bits per heavy atom. The van der Waals surface area contributed by atoms with Crippen molar-refractivity contribution in [1.29, 1.82) is 0 Å². The van der Waals surface area contributed by atoms with Crippen molar-refractivity contribution >= 4 is 5.69 Å². The summed E-state index contributed by atoms with van der Waals surface area (Å²) in [5.41, 5.74) is 0.595. The van der Waals surface area contributed by atoms with Gasteiger partial charge in [0.25, 0.3) is 0 Å². The fraction of sp³-hybridized carbons (Fsp3) is 0.700. The molecule has 1 saturated heterocycles. The van der Waals surface area contributed by atoms with Crippen LogP contribution < -0.4 is 9.64 Å². The summed E-state index contributed by atoms with van der Waals surface area (Å²) in [7, 11) is 0. The summed E-state index contributed by atoms with van der Waals surface area (Å²) < 4.78 is 11.7. The molecule has 0 unspecified atom stereocenters. The quantitative estimate of drug-likeness (QED) is 0.692. The standard InChI is InChI=1S/C20H33NO3/c1-4-5-14-23-19-8-6-7-17(16-19)21-12-9-18(10-13-21)24-15-11-20(2,3)22/h6-8,16,18,22H,4-5,9-15H2,1-3H3. The smallest absolute Gasteiger partial charge is 0.121 e. The van der Waals surface area contributed by atoms with Crippen molar-refractivity contribution in [3.8, 4) is 5.75 Å². The number of hydrogen-bond acceptors (Lipinski definition) is 4. The summed E-state index contributed by atoms with van der Waals surface area (Å²) in [5, 5.41) is 9.74. The SMILES string of the molecule is CCCCOc1cccc(N2CCC(OCCC(C)(C)O)CC2)c1. The minimum atomic E-state index is -0.640. The molecule has 4 heteroatoms. The van der Waals surface area contributed by atoms with Gasteiger partial charge in [-0.25, -0.2) is 0 Å². The molecule has 1 aromatic rings. The van der Waals surface area contributed by atoms with E-state index in [0.717, 1.165) is 51.1 Å². The van der Waals surface area contributed by atoms with Gasteiger partial charge in [0.1, 0.15) is 5.75 Å². The fourth-order valence-electron chi connectivity index (χ4n) is 2.86. The van der Waals surface area contributed by atoms with E-state index in [2.05, 4.69) is 30.0 Å². The Bertz CT molecular complexity index is 476. The average Bonchev–Trinajstić information content (AvgIpc) is 2.55. The lowest BCUT2D eigenvalue weighted by Gasteiger charge is -2.34. The normalized spacial score (nSPS) is 16.4. The van der Waals surface area contributed by atoms with Crippen molar-refractivity contribution < 1.29 is 14.6 Å². The minimum Gasteiger partial charge on any atom is -0.494 e. The highest BCUT2D eigenvalue weighted by molar-refractivity contribution is 5.51. The molecule has 4 nitrogen and oxygen atoms in total. The molecule has 0 saturated carbocycles. The molecule has 24 heavy (non-hydrogen) atoms. The number of piperidine rings is 1. The summed E-state index contributed by atoms with van der Waals surface area (Å²) in [6, 6.07) is 8.40. The van der Waals surface area contributed by atoms with E-state index in [1.807, 2.05) is 19.9 Å². The summed E-state index contributed by atoms with van der Waals surface area (Å²) in [6.07, 6.45) is 5.31. The first-order chi connectivity index (χ1) is 11.5. The molecule has 1 N–H and O–H groups in total. The molecule has 1 heterocycles. The van der Waals surface area contributed by atoms with Crippen molar-refractivity contribution in [2.24, 2.45) is 0 Å². The zero-order chi connectivity index (χ0) is 17.4. The van der Waals surface area contributed by atoms with Crippen LogP contribution in [-0.4, -0.2) is 43.1 Å². The minimum absolute atomic E-state index is 0.313. The fourth-order valence-corrected chi connectivity index (χ4v) is 2.86.